The van der Waals surface area contributed by atoms with E-state index in [4.69, 9.17) is 0 Å². The maximum Gasteiger partial charge on any atom is 0.324 e. The van der Waals surface area contributed by atoms with Gasteiger partial charge in [0.1, 0.15) is 12.0 Å². The first-order chi connectivity index (χ1) is 9.15. The predicted molar refractivity (Wildman–Crippen MR) is 69.0 cm³/mol. The summed E-state index contributed by atoms with van der Waals surface area (Å²) < 4.78 is 0. The highest BCUT2D eigenvalue weighted by atomic mass is 32.1. The Balaban J connectivity index is 1.92. The Morgan fingerprint density at radius 1 is 1.42 bits per heavy atom. The van der Waals surface area contributed by atoms with Gasteiger partial charge in [-0.2, -0.15) is 0 Å². The van der Waals surface area contributed by atoms with Crippen molar-refractivity contribution in [2.45, 2.75) is 6.17 Å². The standard InChI is InChI=1S/C11H8N4O3S/c16-11-7-2-1-3-12-10(7)13-9(14-11)6-4-8(15(17)18)19-5-6/h1-5,9H,(H,12,13)(H,14,16). The maximum atomic E-state index is 11.9. The van der Waals surface area contributed by atoms with Crippen LogP contribution in [-0.2, 0) is 0 Å². The quantitative estimate of drug-likeness (QED) is 0.645. The summed E-state index contributed by atoms with van der Waals surface area (Å²) in [6.07, 6.45) is 1.08. The van der Waals surface area contributed by atoms with E-state index in [1.807, 2.05) is 0 Å². The zero-order valence-electron chi connectivity index (χ0n) is 9.49. The zero-order chi connectivity index (χ0) is 13.4. The van der Waals surface area contributed by atoms with E-state index in [0.717, 1.165) is 11.3 Å². The highest BCUT2D eigenvalue weighted by Crippen LogP contribution is 2.30. The smallest absolute Gasteiger partial charge is 0.324 e. The van der Waals surface area contributed by atoms with Gasteiger partial charge in [0.2, 0.25) is 0 Å². The second-order valence-corrected chi connectivity index (χ2v) is 4.82. The molecule has 0 radical (unpaired) electrons. The number of nitrogens with one attached hydrogen (secondary N) is 2. The number of rotatable bonds is 2. The Kier molecular flexibility index (Phi) is 2.64. The molecule has 2 aromatic rings. The van der Waals surface area contributed by atoms with Crippen molar-refractivity contribution >= 4 is 28.1 Å². The molecule has 0 bridgehead atoms. The van der Waals surface area contributed by atoms with E-state index in [0.29, 0.717) is 16.9 Å². The molecule has 0 saturated carbocycles. The van der Waals surface area contributed by atoms with E-state index in [1.165, 1.54) is 6.07 Å². The van der Waals surface area contributed by atoms with E-state index in [2.05, 4.69) is 15.6 Å². The van der Waals surface area contributed by atoms with Crippen LogP contribution in [0.2, 0.25) is 0 Å². The van der Waals surface area contributed by atoms with Gasteiger partial charge in [-0.1, -0.05) is 11.3 Å². The number of pyridine rings is 1. The number of anilines is 1. The van der Waals surface area contributed by atoms with Gasteiger partial charge < -0.3 is 10.6 Å². The Labute approximate surface area is 111 Å². The number of carbonyl (C=O) groups excluding carboxylic acids is 1. The van der Waals surface area contributed by atoms with Gasteiger partial charge in [-0.25, -0.2) is 4.98 Å². The van der Waals surface area contributed by atoms with Crippen LogP contribution in [0, 0.1) is 10.1 Å². The molecular formula is C11H8N4O3S. The van der Waals surface area contributed by atoms with Crippen LogP contribution in [-0.4, -0.2) is 15.8 Å². The number of amides is 1. The fourth-order valence-corrected chi connectivity index (χ4v) is 2.59. The first-order valence-electron chi connectivity index (χ1n) is 5.40. The summed E-state index contributed by atoms with van der Waals surface area (Å²) in [4.78, 5) is 26.2. The molecule has 96 valence electrons. The molecule has 8 heteroatoms. The van der Waals surface area contributed by atoms with Gasteiger partial charge in [0.15, 0.2) is 0 Å². The van der Waals surface area contributed by atoms with Crippen molar-refractivity contribution < 1.29 is 9.72 Å². The molecule has 3 heterocycles. The molecule has 19 heavy (non-hydrogen) atoms. The predicted octanol–water partition coefficient (Wildman–Crippen LogP) is 1.91. The van der Waals surface area contributed by atoms with Gasteiger partial charge in [0.25, 0.3) is 5.91 Å². The third-order valence-electron chi connectivity index (χ3n) is 2.73. The van der Waals surface area contributed by atoms with Gasteiger partial charge in [0, 0.05) is 23.2 Å². The molecule has 3 rings (SSSR count). The molecule has 1 aliphatic rings. The summed E-state index contributed by atoms with van der Waals surface area (Å²) in [6.45, 7) is 0. The summed E-state index contributed by atoms with van der Waals surface area (Å²) in [5, 5.41) is 18.1. The van der Waals surface area contributed by atoms with Crippen molar-refractivity contribution in [3.63, 3.8) is 0 Å². The minimum Gasteiger partial charge on any atom is -0.346 e. The minimum atomic E-state index is -0.500. The third-order valence-corrected chi connectivity index (χ3v) is 3.63. The molecule has 0 saturated heterocycles. The SMILES string of the molecule is O=C1NC(c2csc([N+](=O)[O-])c2)Nc2ncccc21. The largest absolute Gasteiger partial charge is 0.346 e. The molecule has 0 fully saturated rings. The highest BCUT2D eigenvalue weighted by molar-refractivity contribution is 7.13. The van der Waals surface area contributed by atoms with E-state index in [1.54, 1.807) is 23.7 Å². The number of thiophene rings is 1. The lowest BCUT2D eigenvalue weighted by atomic mass is 10.1. The maximum absolute atomic E-state index is 11.9. The van der Waals surface area contributed by atoms with Crippen molar-refractivity contribution in [1.82, 2.24) is 10.3 Å². The van der Waals surface area contributed by atoms with Crippen LogP contribution >= 0.6 is 11.3 Å². The molecule has 1 aliphatic heterocycles. The average molecular weight is 276 g/mol. The monoisotopic (exact) mass is 276 g/mol. The van der Waals surface area contributed by atoms with Gasteiger partial charge in [-0.3, -0.25) is 14.9 Å². The third kappa shape index (κ3) is 2.02. The van der Waals surface area contributed by atoms with Crippen molar-refractivity contribution in [1.29, 1.82) is 0 Å². The van der Waals surface area contributed by atoms with Gasteiger partial charge in [-0.05, 0) is 12.1 Å². The summed E-state index contributed by atoms with van der Waals surface area (Å²) in [7, 11) is 0. The molecule has 1 atom stereocenters. The van der Waals surface area contributed by atoms with Crippen molar-refractivity contribution in [2.75, 3.05) is 5.32 Å². The molecule has 7 nitrogen and oxygen atoms in total. The fraction of sp³-hybridized carbons (Fsp3) is 0.0909. The Morgan fingerprint density at radius 2 is 2.26 bits per heavy atom. The molecule has 0 aliphatic carbocycles. The normalized spacial score (nSPS) is 17.3. The number of nitro groups is 1. The van der Waals surface area contributed by atoms with Crippen LogP contribution in [0.15, 0.2) is 29.8 Å². The van der Waals surface area contributed by atoms with Crippen LogP contribution < -0.4 is 10.6 Å². The topological polar surface area (TPSA) is 97.2 Å². The van der Waals surface area contributed by atoms with E-state index < -0.39 is 11.1 Å². The van der Waals surface area contributed by atoms with Crippen LogP contribution in [0.4, 0.5) is 10.8 Å². The highest BCUT2D eigenvalue weighted by Gasteiger charge is 2.27. The minimum absolute atomic E-state index is 0.0397. The summed E-state index contributed by atoms with van der Waals surface area (Å²) in [5.41, 5.74) is 1.10. The van der Waals surface area contributed by atoms with Crippen molar-refractivity contribution in [3.8, 4) is 0 Å². The molecule has 0 aromatic carbocycles. The number of hydrogen-bond donors (Lipinski definition) is 2. The van der Waals surface area contributed by atoms with Crippen LogP contribution in [0.3, 0.4) is 0 Å². The average Bonchev–Trinajstić information content (AvgIpc) is 2.88. The molecular weight excluding hydrogens is 268 g/mol. The lowest BCUT2D eigenvalue weighted by molar-refractivity contribution is -0.380. The van der Waals surface area contributed by atoms with E-state index in [9.17, 15) is 14.9 Å². The Bertz CT molecular complexity index is 669. The second-order valence-electron chi connectivity index (χ2n) is 3.93. The Morgan fingerprint density at radius 3 is 3.00 bits per heavy atom. The number of aromatic nitrogens is 1. The lowest BCUT2D eigenvalue weighted by Gasteiger charge is -2.26. The number of nitrogens with zero attached hydrogens (tertiary/aromatic N) is 2. The van der Waals surface area contributed by atoms with Crippen LogP contribution in [0.25, 0.3) is 0 Å². The van der Waals surface area contributed by atoms with E-state index >= 15 is 0 Å². The molecule has 2 aromatic heterocycles. The number of fused-ring (bicyclic) bond motifs is 1. The summed E-state index contributed by atoms with van der Waals surface area (Å²) in [5.74, 6) is 0.228. The summed E-state index contributed by atoms with van der Waals surface area (Å²) >= 11 is 1.02. The van der Waals surface area contributed by atoms with E-state index in [-0.39, 0.29) is 10.9 Å². The first kappa shape index (κ1) is 11.6. The van der Waals surface area contributed by atoms with Crippen molar-refractivity contribution in [2.24, 2.45) is 0 Å². The fourth-order valence-electron chi connectivity index (χ4n) is 1.84. The first-order valence-corrected chi connectivity index (χ1v) is 6.28. The van der Waals surface area contributed by atoms with Crippen LogP contribution in [0.1, 0.15) is 22.1 Å². The Hall–Kier alpha value is -2.48. The van der Waals surface area contributed by atoms with Crippen LogP contribution in [0.5, 0.6) is 0 Å². The lowest BCUT2D eigenvalue weighted by Crippen LogP contribution is -2.38. The summed E-state index contributed by atoms with van der Waals surface area (Å²) in [6, 6.07) is 4.78. The zero-order valence-corrected chi connectivity index (χ0v) is 10.3. The number of hydrogen-bond acceptors (Lipinski definition) is 6. The van der Waals surface area contributed by atoms with Gasteiger partial charge >= 0.3 is 5.00 Å². The number of carbonyl (C=O) groups is 1. The molecule has 2 N–H and O–H groups in total. The van der Waals surface area contributed by atoms with Gasteiger partial charge in [-0.15, -0.1) is 0 Å². The second kappa shape index (κ2) is 4.32. The van der Waals surface area contributed by atoms with Crippen molar-refractivity contribution in [3.05, 3.63) is 51.0 Å². The molecule has 1 amide bonds. The molecule has 1 unspecified atom stereocenters. The molecule has 0 spiro atoms. The van der Waals surface area contributed by atoms with Gasteiger partial charge in [0.05, 0.1) is 10.5 Å².